The van der Waals surface area contributed by atoms with Crippen molar-refractivity contribution in [3.63, 3.8) is 0 Å². The highest BCUT2D eigenvalue weighted by Crippen LogP contribution is 2.18. The summed E-state index contributed by atoms with van der Waals surface area (Å²) in [5, 5.41) is 3.74. The second-order valence-corrected chi connectivity index (χ2v) is 6.94. The first-order chi connectivity index (χ1) is 12.5. The molecule has 7 heteroatoms. The second-order valence-electron chi connectivity index (χ2n) is 5.37. The van der Waals surface area contributed by atoms with Gasteiger partial charge in [-0.3, -0.25) is 9.52 Å². The fraction of sp³-hybridized carbons (Fsp3) is 0. The molecule has 1 aromatic heterocycles. The molecule has 2 aromatic carbocycles. The predicted molar refractivity (Wildman–Crippen MR) is 101 cm³/mol. The minimum atomic E-state index is -3.68. The van der Waals surface area contributed by atoms with Crippen LogP contribution in [0.15, 0.2) is 82.8 Å². The van der Waals surface area contributed by atoms with Crippen molar-refractivity contribution in [2.24, 2.45) is 0 Å². The van der Waals surface area contributed by atoms with Crippen LogP contribution < -0.4 is 10.0 Å². The number of hydrogen-bond acceptors (Lipinski definition) is 4. The highest BCUT2D eigenvalue weighted by Gasteiger charge is 2.10. The maximum atomic E-state index is 12.2. The predicted octanol–water partition coefficient (Wildman–Crippen LogP) is 3.94. The van der Waals surface area contributed by atoms with Crippen LogP contribution in [0.5, 0.6) is 0 Å². The maximum absolute atomic E-state index is 12.2. The zero-order valence-electron chi connectivity index (χ0n) is 13.6. The Morgan fingerprint density at radius 3 is 2.42 bits per heavy atom. The van der Waals surface area contributed by atoms with E-state index in [2.05, 4.69) is 10.0 Å². The topological polar surface area (TPSA) is 88.4 Å². The molecule has 0 bridgehead atoms. The van der Waals surface area contributed by atoms with Gasteiger partial charge >= 0.3 is 0 Å². The van der Waals surface area contributed by atoms with Crippen LogP contribution in [0.4, 0.5) is 11.4 Å². The minimum Gasteiger partial charge on any atom is -0.459 e. The van der Waals surface area contributed by atoms with E-state index in [9.17, 15) is 13.2 Å². The van der Waals surface area contributed by atoms with E-state index in [1.807, 2.05) is 18.2 Å². The van der Waals surface area contributed by atoms with Gasteiger partial charge in [0.2, 0.25) is 0 Å². The van der Waals surface area contributed by atoms with E-state index in [1.54, 1.807) is 36.4 Å². The number of amides is 1. The quantitative estimate of drug-likeness (QED) is 0.690. The zero-order valence-corrected chi connectivity index (χ0v) is 14.4. The van der Waals surface area contributed by atoms with E-state index in [0.717, 1.165) is 11.0 Å². The summed E-state index contributed by atoms with van der Waals surface area (Å²) < 4.78 is 31.9. The lowest BCUT2D eigenvalue weighted by Crippen LogP contribution is -2.12. The molecule has 0 saturated heterocycles. The van der Waals surface area contributed by atoms with Crippen LogP contribution in [0.1, 0.15) is 16.1 Å². The van der Waals surface area contributed by atoms with E-state index in [0.29, 0.717) is 11.4 Å². The van der Waals surface area contributed by atoms with Crippen molar-refractivity contribution >= 4 is 33.4 Å². The van der Waals surface area contributed by atoms with Gasteiger partial charge in [0.1, 0.15) is 0 Å². The first-order valence-electron chi connectivity index (χ1n) is 7.73. The smallest absolute Gasteiger partial charge is 0.291 e. The Morgan fingerprint density at radius 1 is 0.923 bits per heavy atom. The average molecular weight is 368 g/mol. The standard InChI is InChI=1S/C19H16N2O4S/c22-19(18-10-5-12-25-18)20-16-8-4-9-17(14-16)21-26(23,24)13-11-15-6-2-1-3-7-15/h1-14,21H,(H,20,22)/b13-11+. The largest absolute Gasteiger partial charge is 0.459 e. The van der Waals surface area contributed by atoms with Crippen LogP contribution in [0.3, 0.4) is 0 Å². The Labute approximate surface area is 151 Å². The summed E-state index contributed by atoms with van der Waals surface area (Å²) in [7, 11) is -3.68. The van der Waals surface area contributed by atoms with E-state index < -0.39 is 15.9 Å². The summed E-state index contributed by atoms with van der Waals surface area (Å²) in [5.41, 5.74) is 1.55. The van der Waals surface area contributed by atoms with Gasteiger partial charge < -0.3 is 9.73 Å². The molecule has 0 saturated carbocycles. The Hall–Kier alpha value is -3.32. The Kier molecular flexibility index (Phi) is 5.19. The molecule has 0 aliphatic heterocycles. The third-order valence-electron chi connectivity index (χ3n) is 3.36. The third kappa shape index (κ3) is 4.84. The molecule has 6 nitrogen and oxygen atoms in total. The van der Waals surface area contributed by atoms with Crippen LogP contribution in [0, 0.1) is 0 Å². The van der Waals surface area contributed by atoms with Crippen LogP contribution in [-0.2, 0) is 10.0 Å². The van der Waals surface area contributed by atoms with Crippen LogP contribution in [0.25, 0.3) is 6.08 Å². The second kappa shape index (κ2) is 7.71. The molecule has 0 fully saturated rings. The summed E-state index contributed by atoms with van der Waals surface area (Å²) in [4.78, 5) is 12.0. The number of benzene rings is 2. The molecule has 2 N–H and O–H groups in total. The van der Waals surface area contributed by atoms with Crippen LogP contribution >= 0.6 is 0 Å². The fourth-order valence-electron chi connectivity index (χ4n) is 2.19. The highest BCUT2D eigenvalue weighted by atomic mass is 32.2. The molecule has 0 atom stereocenters. The SMILES string of the molecule is O=C(Nc1cccc(NS(=O)(=O)/C=C/c2ccccc2)c1)c1ccco1. The van der Waals surface area contributed by atoms with Crippen molar-refractivity contribution in [3.05, 3.63) is 89.7 Å². The first-order valence-corrected chi connectivity index (χ1v) is 9.27. The lowest BCUT2D eigenvalue weighted by Gasteiger charge is -2.08. The molecule has 0 unspecified atom stereocenters. The molecule has 0 aliphatic carbocycles. The molecule has 3 aromatic rings. The Morgan fingerprint density at radius 2 is 1.69 bits per heavy atom. The van der Waals surface area contributed by atoms with Crippen LogP contribution in [0.2, 0.25) is 0 Å². The monoisotopic (exact) mass is 368 g/mol. The number of hydrogen-bond donors (Lipinski definition) is 2. The number of carbonyl (C=O) groups is 1. The van der Waals surface area contributed by atoms with Gasteiger partial charge in [-0.15, -0.1) is 0 Å². The summed E-state index contributed by atoms with van der Waals surface area (Å²) in [6.45, 7) is 0. The van der Waals surface area contributed by atoms with Gasteiger partial charge in [0, 0.05) is 5.69 Å². The number of carbonyl (C=O) groups excluding carboxylic acids is 1. The molecule has 0 spiro atoms. The molecule has 1 heterocycles. The average Bonchev–Trinajstić information content (AvgIpc) is 3.16. The number of sulfonamides is 1. The number of anilines is 2. The van der Waals surface area contributed by atoms with Crippen molar-refractivity contribution in [2.75, 3.05) is 10.0 Å². The molecule has 0 aliphatic rings. The number of nitrogens with one attached hydrogen (secondary N) is 2. The van der Waals surface area contributed by atoms with Gasteiger partial charge in [0.25, 0.3) is 15.9 Å². The summed E-state index contributed by atoms with van der Waals surface area (Å²) in [6, 6.07) is 18.7. The molecule has 132 valence electrons. The normalized spacial score (nSPS) is 11.4. The summed E-state index contributed by atoms with van der Waals surface area (Å²) in [6.07, 6.45) is 2.91. The molecule has 3 rings (SSSR count). The fourth-order valence-corrected chi connectivity index (χ4v) is 3.05. The Balaban J connectivity index is 1.70. The highest BCUT2D eigenvalue weighted by molar-refractivity contribution is 7.95. The van der Waals surface area contributed by atoms with E-state index in [1.165, 1.54) is 24.5 Å². The van der Waals surface area contributed by atoms with E-state index in [-0.39, 0.29) is 5.76 Å². The van der Waals surface area contributed by atoms with Crippen LogP contribution in [-0.4, -0.2) is 14.3 Å². The van der Waals surface area contributed by atoms with Crippen molar-refractivity contribution in [1.82, 2.24) is 0 Å². The zero-order chi connectivity index (χ0) is 18.4. The van der Waals surface area contributed by atoms with Crippen molar-refractivity contribution in [2.45, 2.75) is 0 Å². The lowest BCUT2D eigenvalue weighted by atomic mass is 10.2. The molecule has 26 heavy (non-hydrogen) atoms. The van der Waals surface area contributed by atoms with Gasteiger partial charge in [-0.2, -0.15) is 0 Å². The third-order valence-corrected chi connectivity index (χ3v) is 4.38. The molecular weight excluding hydrogens is 352 g/mol. The van der Waals surface area contributed by atoms with E-state index >= 15 is 0 Å². The van der Waals surface area contributed by atoms with Gasteiger partial charge in [-0.1, -0.05) is 36.4 Å². The summed E-state index contributed by atoms with van der Waals surface area (Å²) in [5.74, 6) is -0.249. The van der Waals surface area contributed by atoms with E-state index in [4.69, 9.17) is 4.42 Å². The van der Waals surface area contributed by atoms with Gasteiger partial charge in [-0.25, -0.2) is 8.42 Å². The first kappa shape index (κ1) is 17.5. The number of furan rings is 1. The van der Waals surface area contributed by atoms with Gasteiger partial charge in [0.05, 0.1) is 17.4 Å². The molecular formula is C19H16N2O4S. The maximum Gasteiger partial charge on any atom is 0.291 e. The van der Waals surface area contributed by atoms with Gasteiger partial charge in [-0.05, 0) is 42.0 Å². The number of rotatable bonds is 6. The van der Waals surface area contributed by atoms with Crippen molar-refractivity contribution in [1.29, 1.82) is 0 Å². The van der Waals surface area contributed by atoms with Gasteiger partial charge in [0.15, 0.2) is 5.76 Å². The minimum absolute atomic E-state index is 0.168. The molecule has 0 radical (unpaired) electrons. The Bertz CT molecular complexity index is 1010. The van der Waals surface area contributed by atoms with Crippen molar-refractivity contribution < 1.29 is 17.6 Å². The lowest BCUT2D eigenvalue weighted by molar-refractivity contribution is 0.0996. The van der Waals surface area contributed by atoms with Crippen molar-refractivity contribution in [3.8, 4) is 0 Å². The molecule has 1 amide bonds. The summed E-state index contributed by atoms with van der Waals surface area (Å²) >= 11 is 0.